The number of benzene rings is 1. The van der Waals surface area contributed by atoms with E-state index in [-0.39, 0.29) is 24.5 Å². The molecule has 1 saturated carbocycles. The second-order valence-corrected chi connectivity index (χ2v) is 7.99. The molecule has 166 valence electrons. The molecule has 2 fully saturated rings. The molecule has 3 amide bonds. The molecule has 1 heterocycles. The van der Waals surface area contributed by atoms with Crippen LogP contribution in [0.3, 0.4) is 0 Å². The van der Waals surface area contributed by atoms with Crippen LogP contribution in [0.15, 0.2) is 30.3 Å². The maximum atomic E-state index is 12.9. The van der Waals surface area contributed by atoms with Gasteiger partial charge in [-0.2, -0.15) is 0 Å². The largest absolute Gasteiger partial charge is 0.446 e. The van der Waals surface area contributed by atoms with E-state index in [1.807, 2.05) is 11.0 Å². The Kier molecular flexibility index (Phi) is 8.30. The van der Waals surface area contributed by atoms with Crippen LogP contribution in [0, 0.1) is 17.8 Å². The number of piperidine rings is 1. The lowest BCUT2D eigenvalue weighted by molar-refractivity contribution is -0.138. The van der Waals surface area contributed by atoms with Gasteiger partial charge in [0.05, 0.1) is 6.54 Å². The number of nitrogens with zero attached hydrogens (tertiary/aromatic N) is 1. The van der Waals surface area contributed by atoms with Crippen molar-refractivity contribution in [2.24, 2.45) is 5.92 Å². The highest BCUT2D eigenvalue weighted by molar-refractivity contribution is 5.92. The molecule has 0 aromatic heterocycles. The van der Waals surface area contributed by atoms with E-state index in [0.29, 0.717) is 31.6 Å². The molecule has 1 saturated heterocycles. The van der Waals surface area contributed by atoms with Gasteiger partial charge in [0.2, 0.25) is 5.91 Å². The molecule has 1 aromatic carbocycles. The molecule has 0 bridgehead atoms. The Morgan fingerprint density at radius 3 is 2.35 bits per heavy atom. The normalized spacial score (nSPS) is 21.4. The number of carbonyl (C=O) groups is 3. The van der Waals surface area contributed by atoms with Crippen LogP contribution in [0.5, 0.6) is 0 Å². The van der Waals surface area contributed by atoms with Gasteiger partial charge in [-0.3, -0.25) is 14.8 Å². The number of carbonyl (C=O) groups excluding carboxylic acids is 3. The van der Waals surface area contributed by atoms with Gasteiger partial charge in [-0.05, 0) is 55.9 Å². The van der Waals surface area contributed by atoms with Crippen molar-refractivity contribution in [2.45, 2.75) is 50.5 Å². The molecule has 0 atom stereocenters. The van der Waals surface area contributed by atoms with E-state index < -0.39 is 12.0 Å². The Hall–Kier alpha value is -3.05. The van der Waals surface area contributed by atoms with Gasteiger partial charge in [0.1, 0.15) is 6.10 Å². The maximum absolute atomic E-state index is 12.9. The molecule has 1 aromatic rings. The molecule has 3 rings (SSSR count). The summed E-state index contributed by atoms with van der Waals surface area (Å²) >= 11 is 0. The number of amides is 3. The van der Waals surface area contributed by atoms with Gasteiger partial charge < -0.3 is 15.0 Å². The highest BCUT2D eigenvalue weighted by Crippen LogP contribution is 2.32. The van der Waals surface area contributed by atoms with Gasteiger partial charge in [0.25, 0.3) is 0 Å². The highest BCUT2D eigenvalue weighted by Gasteiger charge is 2.32. The van der Waals surface area contributed by atoms with E-state index in [2.05, 4.69) is 41.4 Å². The standard InChI is InChI=1S/C23H29N3O5/c27-21(25-30)7-4-14-24-23(29)31-20-10-8-19(9-11-20)22(28)26-15-12-18(13-16-26)17-5-2-1-3-6-17/h1-3,5-6,18-20,30H,8-16H2,(H,24,29)(H,25,27)/t19-,20-. The van der Waals surface area contributed by atoms with E-state index in [1.54, 1.807) is 0 Å². The Balaban J connectivity index is 1.35. The summed E-state index contributed by atoms with van der Waals surface area (Å²) in [5.41, 5.74) is 2.73. The lowest BCUT2D eigenvalue weighted by atomic mass is 9.85. The van der Waals surface area contributed by atoms with Crippen LogP contribution >= 0.6 is 0 Å². The highest BCUT2D eigenvalue weighted by atomic mass is 16.6. The molecule has 8 heteroatoms. The number of nitrogens with one attached hydrogen (secondary N) is 2. The van der Waals surface area contributed by atoms with Crippen LogP contribution in [0.2, 0.25) is 0 Å². The third-order valence-electron chi connectivity index (χ3n) is 6.00. The number of ether oxygens (including phenoxy) is 1. The quantitative estimate of drug-likeness (QED) is 0.388. The molecule has 8 nitrogen and oxygen atoms in total. The summed E-state index contributed by atoms with van der Waals surface area (Å²) in [5.74, 6) is 4.39. The van der Waals surface area contributed by atoms with Crippen LogP contribution in [-0.4, -0.2) is 53.8 Å². The van der Waals surface area contributed by atoms with Crippen LogP contribution in [-0.2, 0) is 14.3 Å². The summed E-state index contributed by atoms with van der Waals surface area (Å²) in [7, 11) is 0. The number of likely N-dealkylation sites (tertiary alicyclic amines) is 1. The van der Waals surface area contributed by atoms with Crippen molar-refractivity contribution >= 4 is 17.9 Å². The smallest absolute Gasteiger partial charge is 0.408 e. The summed E-state index contributed by atoms with van der Waals surface area (Å²) in [6.07, 6.45) is 3.91. The fourth-order valence-electron chi connectivity index (χ4n) is 4.31. The van der Waals surface area contributed by atoms with Gasteiger partial charge in [0, 0.05) is 19.0 Å². The number of alkyl carbamates (subject to hydrolysis) is 1. The van der Waals surface area contributed by atoms with E-state index in [1.165, 1.54) is 11.0 Å². The van der Waals surface area contributed by atoms with E-state index in [0.717, 1.165) is 25.9 Å². The Bertz CT molecular complexity index is 817. The number of hydrogen-bond acceptors (Lipinski definition) is 5. The van der Waals surface area contributed by atoms with Crippen LogP contribution in [0.1, 0.15) is 50.0 Å². The van der Waals surface area contributed by atoms with E-state index in [9.17, 15) is 14.4 Å². The zero-order valence-electron chi connectivity index (χ0n) is 17.5. The fourth-order valence-corrected chi connectivity index (χ4v) is 4.31. The predicted molar refractivity (Wildman–Crippen MR) is 113 cm³/mol. The van der Waals surface area contributed by atoms with Crippen LogP contribution in [0.4, 0.5) is 4.79 Å². The molecular formula is C23H29N3O5. The lowest BCUT2D eigenvalue weighted by Gasteiger charge is -2.36. The summed E-state index contributed by atoms with van der Waals surface area (Å²) in [5, 5.41) is 10.8. The van der Waals surface area contributed by atoms with Gasteiger partial charge in [0.15, 0.2) is 0 Å². The summed E-state index contributed by atoms with van der Waals surface area (Å²) in [6, 6.07) is 10.5. The molecule has 3 N–H and O–H groups in total. The first-order valence-electron chi connectivity index (χ1n) is 10.8. The first kappa shape index (κ1) is 22.6. The number of rotatable bonds is 4. The Labute approximate surface area is 182 Å². The molecular weight excluding hydrogens is 398 g/mol. The third kappa shape index (κ3) is 6.72. The number of hydrogen-bond donors (Lipinski definition) is 3. The zero-order chi connectivity index (χ0) is 22.1. The minimum atomic E-state index is -0.845. The van der Waals surface area contributed by atoms with Crippen LogP contribution < -0.4 is 10.8 Å². The van der Waals surface area contributed by atoms with Crippen molar-refractivity contribution < 1.29 is 24.3 Å². The third-order valence-corrected chi connectivity index (χ3v) is 6.00. The molecule has 1 aliphatic heterocycles. The average Bonchev–Trinajstić information content (AvgIpc) is 2.82. The maximum Gasteiger partial charge on any atom is 0.408 e. The van der Waals surface area contributed by atoms with Crippen molar-refractivity contribution in [3.05, 3.63) is 35.9 Å². The molecule has 31 heavy (non-hydrogen) atoms. The lowest BCUT2D eigenvalue weighted by Crippen LogP contribution is -2.43. The molecule has 0 unspecified atom stereocenters. The van der Waals surface area contributed by atoms with Crippen molar-refractivity contribution in [1.29, 1.82) is 0 Å². The van der Waals surface area contributed by atoms with Crippen molar-refractivity contribution in [3.8, 4) is 11.8 Å². The predicted octanol–water partition coefficient (Wildman–Crippen LogP) is 2.19. The molecule has 0 radical (unpaired) electrons. The van der Waals surface area contributed by atoms with E-state index >= 15 is 0 Å². The molecule has 1 aliphatic carbocycles. The van der Waals surface area contributed by atoms with Crippen molar-refractivity contribution in [2.75, 3.05) is 19.6 Å². The minimum Gasteiger partial charge on any atom is -0.446 e. The second-order valence-electron chi connectivity index (χ2n) is 7.99. The first-order chi connectivity index (χ1) is 15.1. The Morgan fingerprint density at radius 1 is 1.03 bits per heavy atom. The van der Waals surface area contributed by atoms with Crippen LogP contribution in [0.25, 0.3) is 0 Å². The SMILES string of the molecule is O=C(C#CCNC(=O)O[C@H]1CC[C@H](C(=O)N2CCC(c3ccccc3)CC2)CC1)NO. The Morgan fingerprint density at radius 2 is 1.71 bits per heavy atom. The first-order valence-corrected chi connectivity index (χ1v) is 10.8. The topological polar surface area (TPSA) is 108 Å². The molecule has 2 aliphatic rings. The number of hydroxylamine groups is 1. The van der Waals surface area contributed by atoms with Gasteiger partial charge in [-0.15, -0.1) is 0 Å². The van der Waals surface area contributed by atoms with E-state index in [4.69, 9.17) is 9.94 Å². The van der Waals surface area contributed by atoms with Gasteiger partial charge in [-0.25, -0.2) is 10.3 Å². The van der Waals surface area contributed by atoms with Gasteiger partial charge in [-0.1, -0.05) is 36.3 Å². The summed E-state index contributed by atoms with van der Waals surface area (Å²) in [4.78, 5) is 37.5. The average molecular weight is 428 g/mol. The second kappa shape index (κ2) is 11.4. The fraction of sp³-hybridized carbons (Fsp3) is 0.522. The monoisotopic (exact) mass is 427 g/mol. The summed E-state index contributed by atoms with van der Waals surface area (Å²) < 4.78 is 5.37. The summed E-state index contributed by atoms with van der Waals surface area (Å²) in [6.45, 7) is 1.54. The zero-order valence-corrected chi connectivity index (χ0v) is 17.5. The van der Waals surface area contributed by atoms with Gasteiger partial charge >= 0.3 is 12.0 Å². The minimum absolute atomic E-state index is 0.000882. The molecule has 0 spiro atoms. The van der Waals surface area contributed by atoms with Crippen molar-refractivity contribution in [1.82, 2.24) is 15.7 Å². The van der Waals surface area contributed by atoms with Crippen molar-refractivity contribution in [3.63, 3.8) is 0 Å².